The minimum atomic E-state index is -0.489. The van der Waals surface area contributed by atoms with Gasteiger partial charge >= 0.3 is 0 Å². The monoisotopic (exact) mass is 268 g/mol. The van der Waals surface area contributed by atoms with Crippen molar-refractivity contribution in [1.29, 1.82) is 0 Å². The van der Waals surface area contributed by atoms with E-state index in [1.807, 2.05) is 0 Å². The van der Waals surface area contributed by atoms with E-state index in [1.165, 1.54) is 18.5 Å². The number of hydrogen-bond acceptors (Lipinski definition) is 3. The topological polar surface area (TPSA) is 70.7 Å². The first-order valence-electron chi connectivity index (χ1n) is 5.20. The average molecular weight is 269 g/mol. The highest BCUT2D eigenvalue weighted by atomic mass is 35.5. The van der Waals surface area contributed by atoms with Gasteiger partial charge in [0.15, 0.2) is 0 Å². The molecule has 1 aromatic carbocycles. The minimum Gasteiger partial charge on any atom is -0.349 e. The second kappa shape index (κ2) is 5.59. The van der Waals surface area contributed by atoms with Crippen molar-refractivity contribution in [2.24, 2.45) is 0 Å². The Kier molecular flexibility index (Phi) is 3.88. The Balaban J connectivity index is 1.95. The molecule has 7 heteroatoms. The van der Waals surface area contributed by atoms with E-state index in [4.69, 9.17) is 11.6 Å². The van der Waals surface area contributed by atoms with E-state index in [9.17, 15) is 9.18 Å². The largest absolute Gasteiger partial charge is 0.349 e. The summed E-state index contributed by atoms with van der Waals surface area (Å²) in [5.41, 5.74) is 0.189. The number of H-pyrrole nitrogens is 1. The van der Waals surface area contributed by atoms with Crippen LogP contribution in [0, 0.1) is 5.82 Å². The number of carbonyl (C=O) groups excluding carboxylic acids is 1. The van der Waals surface area contributed by atoms with Crippen molar-refractivity contribution in [3.05, 3.63) is 46.8 Å². The van der Waals surface area contributed by atoms with Crippen LogP contribution < -0.4 is 5.32 Å². The third kappa shape index (κ3) is 3.04. The Morgan fingerprint density at radius 1 is 1.50 bits per heavy atom. The smallest absolute Gasteiger partial charge is 0.224 e. The van der Waals surface area contributed by atoms with Gasteiger partial charge in [0.1, 0.15) is 18.0 Å². The van der Waals surface area contributed by atoms with Crippen molar-refractivity contribution in [3.63, 3.8) is 0 Å². The van der Waals surface area contributed by atoms with Gasteiger partial charge in [-0.25, -0.2) is 9.37 Å². The molecule has 0 aliphatic carbocycles. The maximum Gasteiger partial charge on any atom is 0.224 e. The van der Waals surface area contributed by atoms with E-state index in [1.54, 1.807) is 6.07 Å². The van der Waals surface area contributed by atoms with Gasteiger partial charge in [0, 0.05) is 10.6 Å². The van der Waals surface area contributed by atoms with Gasteiger partial charge in [0.05, 0.1) is 13.0 Å². The molecule has 0 unspecified atom stereocenters. The molecule has 0 saturated heterocycles. The van der Waals surface area contributed by atoms with E-state index in [0.717, 1.165) is 0 Å². The molecule has 18 heavy (non-hydrogen) atoms. The third-order valence-electron chi connectivity index (χ3n) is 2.32. The second-order valence-electron chi connectivity index (χ2n) is 3.59. The fraction of sp³-hybridized carbons (Fsp3) is 0.182. The number of hydrogen-bond donors (Lipinski definition) is 2. The van der Waals surface area contributed by atoms with Crippen molar-refractivity contribution in [2.75, 3.05) is 0 Å². The predicted octanol–water partition coefficient (Wildman–Crippen LogP) is 1.46. The predicted molar refractivity (Wildman–Crippen MR) is 63.3 cm³/mol. The molecule has 0 saturated carbocycles. The fourth-order valence-electron chi connectivity index (χ4n) is 1.42. The molecule has 0 spiro atoms. The molecule has 94 valence electrons. The van der Waals surface area contributed by atoms with Crippen LogP contribution in [0.25, 0.3) is 0 Å². The number of nitrogens with one attached hydrogen (secondary N) is 2. The Bertz CT molecular complexity index is 524. The summed E-state index contributed by atoms with van der Waals surface area (Å²) in [4.78, 5) is 15.5. The fourth-order valence-corrected chi connectivity index (χ4v) is 1.65. The van der Waals surface area contributed by atoms with Gasteiger partial charge in [-0.1, -0.05) is 17.7 Å². The molecule has 0 atom stereocenters. The first kappa shape index (κ1) is 12.5. The highest BCUT2D eigenvalue weighted by molar-refractivity contribution is 6.31. The van der Waals surface area contributed by atoms with Gasteiger partial charge in [-0.15, -0.1) is 0 Å². The summed E-state index contributed by atoms with van der Waals surface area (Å²) in [6.45, 7) is 0.213. The zero-order valence-electron chi connectivity index (χ0n) is 9.28. The van der Waals surface area contributed by atoms with Crippen molar-refractivity contribution < 1.29 is 9.18 Å². The normalized spacial score (nSPS) is 10.3. The van der Waals surface area contributed by atoms with E-state index in [0.29, 0.717) is 5.82 Å². The van der Waals surface area contributed by atoms with Crippen molar-refractivity contribution in [1.82, 2.24) is 20.5 Å². The molecule has 0 aliphatic heterocycles. The Morgan fingerprint density at radius 2 is 2.33 bits per heavy atom. The van der Waals surface area contributed by atoms with Crippen LogP contribution in [0.3, 0.4) is 0 Å². The number of nitrogens with zero attached hydrogens (tertiary/aromatic N) is 2. The number of benzene rings is 1. The third-order valence-corrected chi connectivity index (χ3v) is 2.67. The van der Waals surface area contributed by atoms with Gasteiger partial charge in [-0.05, 0) is 12.1 Å². The molecule has 5 nitrogen and oxygen atoms in total. The molecule has 1 aromatic heterocycles. The quantitative estimate of drug-likeness (QED) is 0.882. The summed E-state index contributed by atoms with van der Waals surface area (Å²) in [6.07, 6.45) is 1.23. The van der Waals surface area contributed by atoms with Gasteiger partial charge < -0.3 is 5.32 Å². The molecule has 0 radical (unpaired) electrons. The van der Waals surface area contributed by atoms with Crippen LogP contribution in [-0.4, -0.2) is 21.1 Å². The average Bonchev–Trinajstić information content (AvgIpc) is 2.84. The van der Waals surface area contributed by atoms with Crippen molar-refractivity contribution in [2.45, 2.75) is 13.0 Å². The summed E-state index contributed by atoms with van der Waals surface area (Å²) in [5.74, 6) is -0.293. The highest BCUT2D eigenvalue weighted by Crippen LogP contribution is 2.19. The van der Waals surface area contributed by atoms with Crippen LogP contribution >= 0.6 is 11.6 Å². The molecule has 2 aromatic rings. The van der Waals surface area contributed by atoms with Crippen LogP contribution in [-0.2, 0) is 17.8 Å². The van der Waals surface area contributed by atoms with E-state index in [2.05, 4.69) is 20.5 Å². The van der Waals surface area contributed by atoms with Crippen molar-refractivity contribution in [3.8, 4) is 0 Å². The molecular weight excluding hydrogens is 259 g/mol. The lowest BCUT2D eigenvalue weighted by Crippen LogP contribution is -2.25. The van der Waals surface area contributed by atoms with Gasteiger partial charge in [0.25, 0.3) is 0 Å². The van der Waals surface area contributed by atoms with Crippen LogP contribution in [0.15, 0.2) is 24.5 Å². The summed E-state index contributed by atoms with van der Waals surface area (Å²) in [7, 11) is 0. The van der Waals surface area contributed by atoms with Gasteiger partial charge in [-0.3, -0.25) is 9.89 Å². The summed E-state index contributed by atoms with van der Waals surface area (Å²) < 4.78 is 13.4. The zero-order chi connectivity index (χ0) is 13.0. The Labute approximate surface area is 107 Å². The van der Waals surface area contributed by atoms with Crippen molar-refractivity contribution >= 4 is 17.5 Å². The molecule has 1 heterocycles. The summed E-state index contributed by atoms with van der Waals surface area (Å²) in [6, 6.07) is 4.31. The van der Waals surface area contributed by atoms with E-state index >= 15 is 0 Å². The Hall–Kier alpha value is -1.95. The first-order chi connectivity index (χ1) is 8.66. The lowest BCUT2D eigenvalue weighted by atomic mass is 10.1. The second-order valence-corrected chi connectivity index (χ2v) is 3.99. The van der Waals surface area contributed by atoms with Gasteiger partial charge in [-0.2, -0.15) is 5.10 Å². The molecular formula is C11H10ClFN4O. The van der Waals surface area contributed by atoms with Crippen LogP contribution in [0.4, 0.5) is 4.39 Å². The Morgan fingerprint density at radius 3 is 3.00 bits per heavy atom. The lowest BCUT2D eigenvalue weighted by molar-refractivity contribution is -0.120. The van der Waals surface area contributed by atoms with E-state index in [-0.39, 0.29) is 29.5 Å². The number of aromatic amines is 1. The maximum atomic E-state index is 13.4. The molecule has 0 bridgehead atoms. The molecule has 2 rings (SSSR count). The van der Waals surface area contributed by atoms with Crippen LogP contribution in [0.1, 0.15) is 11.4 Å². The van der Waals surface area contributed by atoms with Crippen LogP contribution in [0.2, 0.25) is 5.02 Å². The highest BCUT2D eigenvalue weighted by Gasteiger charge is 2.11. The summed E-state index contributed by atoms with van der Waals surface area (Å²) in [5, 5.41) is 9.08. The summed E-state index contributed by atoms with van der Waals surface area (Å²) >= 11 is 5.82. The van der Waals surface area contributed by atoms with Gasteiger partial charge in [0.2, 0.25) is 5.91 Å². The maximum absolute atomic E-state index is 13.4. The standard InChI is InChI=1S/C11H10ClFN4O/c12-8-2-1-3-9(13)7(8)4-11(18)14-5-10-15-6-16-17-10/h1-3,6H,4-5H2,(H,14,18)(H,15,16,17). The number of amides is 1. The number of halogens is 2. The number of carbonyl (C=O) groups is 1. The zero-order valence-corrected chi connectivity index (χ0v) is 10.0. The first-order valence-corrected chi connectivity index (χ1v) is 5.58. The molecule has 0 aliphatic rings. The molecule has 1 amide bonds. The number of rotatable bonds is 4. The molecule has 2 N–H and O–H groups in total. The van der Waals surface area contributed by atoms with Crippen LogP contribution in [0.5, 0.6) is 0 Å². The molecule has 0 fully saturated rings. The SMILES string of the molecule is O=C(Cc1c(F)cccc1Cl)NCc1ncn[nH]1. The van der Waals surface area contributed by atoms with E-state index < -0.39 is 5.82 Å². The lowest BCUT2D eigenvalue weighted by Gasteiger charge is -2.06. The minimum absolute atomic E-state index is 0.111. The number of aromatic nitrogens is 3.